The molecule has 3 amide bonds. The van der Waals surface area contributed by atoms with Crippen molar-refractivity contribution in [1.82, 2.24) is 16.0 Å². The van der Waals surface area contributed by atoms with Crippen LogP contribution >= 0.6 is 34.8 Å². The number of carbonyl (C=O) groups is 4. The second kappa shape index (κ2) is 12.4. The number of hydrogen-bond donors (Lipinski definition) is 5. The van der Waals surface area contributed by atoms with Gasteiger partial charge in [-0.1, -0.05) is 46.9 Å². The molecule has 0 heterocycles. The van der Waals surface area contributed by atoms with Crippen LogP contribution in [0.3, 0.4) is 0 Å². The average Bonchev–Trinajstić information content (AvgIpc) is 2.83. The van der Waals surface area contributed by atoms with Gasteiger partial charge in [0.15, 0.2) is 0 Å². The van der Waals surface area contributed by atoms with Gasteiger partial charge < -0.3 is 26.2 Å². The molecule has 3 rings (SSSR count). The lowest BCUT2D eigenvalue weighted by molar-refractivity contribution is -0.139. The number of aliphatic carboxylic acids is 1. The largest absolute Gasteiger partial charge is 0.508 e. The molecule has 0 spiro atoms. The number of halogens is 3. The minimum Gasteiger partial charge on any atom is -0.508 e. The minimum atomic E-state index is -1.48. The van der Waals surface area contributed by atoms with Crippen molar-refractivity contribution in [3.8, 4) is 5.75 Å². The molecule has 0 aliphatic heterocycles. The van der Waals surface area contributed by atoms with E-state index in [9.17, 15) is 29.4 Å². The summed E-state index contributed by atoms with van der Waals surface area (Å²) in [5, 5.41) is 26.7. The Bertz CT molecular complexity index is 1340. The van der Waals surface area contributed by atoms with Crippen molar-refractivity contribution in [2.75, 3.05) is 6.54 Å². The van der Waals surface area contributed by atoms with Gasteiger partial charge in [0.25, 0.3) is 17.7 Å². The zero-order valence-electron chi connectivity index (χ0n) is 18.9. The van der Waals surface area contributed by atoms with E-state index in [0.29, 0.717) is 5.56 Å². The molecule has 0 fully saturated rings. The molecule has 1 atom stereocenters. The highest BCUT2D eigenvalue weighted by Crippen LogP contribution is 2.20. The molecule has 12 heteroatoms. The van der Waals surface area contributed by atoms with Crippen LogP contribution in [0, 0.1) is 0 Å². The average molecular weight is 565 g/mol. The lowest BCUT2D eigenvalue weighted by atomic mass is 10.1. The molecule has 0 saturated heterocycles. The molecular weight excluding hydrogens is 545 g/mol. The van der Waals surface area contributed by atoms with Crippen molar-refractivity contribution in [3.05, 3.63) is 98.0 Å². The van der Waals surface area contributed by atoms with E-state index in [2.05, 4.69) is 16.0 Å². The monoisotopic (exact) mass is 563 g/mol. The van der Waals surface area contributed by atoms with Crippen LogP contribution in [-0.4, -0.2) is 46.5 Å². The van der Waals surface area contributed by atoms with Crippen LogP contribution < -0.4 is 16.0 Å². The van der Waals surface area contributed by atoms with Gasteiger partial charge in [0, 0.05) is 34.3 Å². The van der Waals surface area contributed by atoms with Crippen LogP contribution in [0.1, 0.15) is 36.6 Å². The van der Waals surface area contributed by atoms with Crippen molar-refractivity contribution in [3.63, 3.8) is 0 Å². The number of nitrogens with one attached hydrogen (secondary N) is 3. The molecule has 5 N–H and O–H groups in total. The van der Waals surface area contributed by atoms with E-state index in [-0.39, 0.29) is 44.1 Å². The number of hydrogen-bond acceptors (Lipinski definition) is 5. The van der Waals surface area contributed by atoms with Gasteiger partial charge in [0.2, 0.25) is 0 Å². The molecule has 0 radical (unpaired) electrons. The fourth-order valence-corrected chi connectivity index (χ4v) is 4.00. The summed E-state index contributed by atoms with van der Waals surface area (Å²) in [5.74, 6) is -3.24. The minimum absolute atomic E-state index is 0.0644. The maximum Gasteiger partial charge on any atom is 0.328 e. The van der Waals surface area contributed by atoms with Crippen LogP contribution in [0.25, 0.3) is 0 Å². The van der Waals surface area contributed by atoms with E-state index in [1.807, 2.05) is 0 Å². The smallest absolute Gasteiger partial charge is 0.328 e. The quantitative estimate of drug-likeness (QED) is 0.267. The Hall–Kier alpha value is -3.79. The first-order valence-electron chi connectivity index (χ1n) is 10.7. The zero-order chi connectivity index (χ0) is 27.1. The third-order valence-corrected chi connectivity index (χ3v) is 5.78. The number of amides is 3. The topological polar surface area (TPSA) is 145 Å². The number of carboxylic acids is 1. The standard InChI is InChI=1S/C25H20Cl3N3O6/c26-16-7-15(8-17(27)10-16)23(34)30-12-21(25(36)37)31-24(35)19-5-4-14(9-20(19)28)22(33)29-11-13-2-1-3-18(32)6-13/h1-10,21,32H,11-12H2,(H,29,33)(H,30,34)(H,31,35)(H,36,37)/t21-/m0/s1. The van der Waals surface area contributed by atoms with Gasteiger partial charge in [0.1, 0.15) is 11.8 Å². The normalized spacial score (nSPS) is 11.3. The van der Waals surface area contributed by atoms with Gasteiger partial charge in [-0.15, -0.1) is 0 Å². The number of rotatable bonds is 9. The van der Waals surface area contributed by atoms with E-state index < -0.39 is 36.3 Å². The van der Waals surface area contributed by atoms with Gasteiger partial charge in [0.05, 0.1) is 10.6 Å². The van der Waals surface area contributed by atoms with E-state index in [1.165, 1.54) is 48.5 Å². The number of benzene rings is 3. The highest BCUT2D eigenvalue weighted by molar-refractivity contribution is 6.35. The number of carbonyl (C=O) groups excluding carboxylic acids is 3. The highest BCUT2D eigenvalue weighted by atomic mass is 35.5. The summed E-state index contributed by atoms with van der Waals surface area (Å²) in [5.41, 5.74) is 0.906. The SMILES string of the molecule is O=C(NCc1cccc(O)c1)c1ccc(C(=O)N[C@@H](CNC(=O)c2cc(Cl)cc(Cl)c2)C(=O)O)c(Cl)c1. The second-order valence-electron chi connectivity index (χ2n) is 7.78. The Kier molecular flexibility index (Phi) is 9.35. The highest BCUT2D eigenvalue weighted by Gasteiger charge is 2.23. The summed E-state index contributed by atoms with van der Waals surface area (Å²) in [4.78, 5) is 49.1. The van der Waals surface area contributed by atoms with Gasteiger partial charge >= 0.3 is 5.97 Å². The Morgan fingerprint density at radius 1 is 0.784 bits per heavy atom. The van der Waals surface area contributed by atoms with E-state index in [1.54, 1.807) is 12.1 Å². The molecule has 37 heavy (non-hydrogen) atoms. The van der Waals surface area contributed by atoms with Crippen molar-refractivity contribution in [1.29, 1.82) is 0 Å². The van der Waals surface area contributed by atoms with Crippen LogP contribution in [0.15, 0.2) is 60.7 Å². The van der Waals surface area contributed by atoms with Gasteiger partial charge in [-0.05, 0) is 54.1 Å². The van der Waals surface area contributed by atoms with Crippen LogP contribution in [0.2, 0.25) is 15.1 Å². The van der Waals surface area contributed by atoms with Crippen LogP contribution in [0.4, 0.5) is 0 Å². The Labute approximate surface area is 226 Å². The lowest BCUT2D eigenvalue weighted by Gasteiger charge is -2.16. The first-order valence-corrected chi connectivity index (χ1v) is 11.8. The predicted octanol–water partition coefficient (Wildman–Crippen LogP) is 3.90. The summed E-state index contributed by atoms with van der Waals surface area (Å²) in [6.07, 6.45) is 0. The van der Waals surface area contributed by atoms with E-state index >= 15 is 0 Å². The Balaban J connectivity index is 1.62. The fraction of sp³-hybridized carbons (Fsp3) is 0.120. The van der Waals surface area contributed by atoms with Crippen molar-refractivity contribution >= 4 is 58.5 Å². The maximum absolute atomic E-state index is 12.7. The third kappa shape index (κ3) is 7.85. The third-order valence-electron chi connectivity index (χ3n) is 5.03. The lowest BCUT2D eigenvalue weighted by Crippen LogP contribution is -2.48. The Morgan fingerprint density at radius 2 is 1.46 bits per heavy atom. The Morgan fingerprint density at radius 3 is 2.08 bits per heavy atom. The zero-order valence-corrected chi connectivity index (χ0v) is 21.2. The van der Waals surface area contributed by atoms with Gasteiger partial charge in [-0.25, -0.2) is 4.79 Å². The van der Waals surface area contributed by atoms with Crippen LogP contribution in [0.5, 0.6) is 5.75 Å². The maximum atomic E-state index is 12.7. The van der Waals surface area contributed by atoms with Crippen molar-refractivity contribution in [2.45, 2.75) is 12.6 Å². The molecular formula is C25H20Cl3N3O6. The van der Waals surface area contributed by atoms with E-state index in [4.69, 9.17) is 34.8 Å². The van der Waals surface area contributed by atoms with E-state index in [0.717, 1.165) is 0 Å². The van der Waals surface area contributed by atoms with Crippen molar-refractivity contribution < 1.29 is 29.4 Å². The van der Waals surface area contributed by atoms with Crippen LogP contribution in [-0.2, 0) is 11.3 Å². The summed E-state index contributed by atoms with van der Waals surface area (Å²) < 4.78 is 0. The fourth-order valence-electron chi connectivity index (χ4n) is 3.21. The number of phenolic OH excluding ortho intramolecular Hbond substituents is 1. The molecule has 0 aliphatic carbocycles. The molecule has 0 bridgehead atoms. The second-order valence-corrected chi connectivity index (χ2v) is 9.06. The number of carboxylic acid groups (broad SMARTS) is 1. The molecule has 3 aromatic rings. The molecule has 0 aromatic heterocycles. The molecule has 0 unspecified atom stereocenters. The summed E-state index contributed by atoms with van der Waals surface area (Å²) in [6.45, 7) is -0.280. The first kappa shape index (κ1) is 27.8. The molecule has 3 aromatic carbocycles. The number of phenols is 1. The summed E-state index contributed by atoms with van der Waals surface area (Å²) in [7, 11) is 0. The molecule has 192 valence electrons. The number of aromatic hydroxyl groups is 1. The summed E-state index contributed by atoms with van der Waals surface area (Å²) in [6, 6.07) is 13.0. The molecule has 9 nitrogen and oxygen atoms in total. The van der Waals surface area contributed by atoms with Gasteiger partial charge in [-0.3, -0.25) is 14.4 Å². The molecule has 0 aliphatic rings. The molecule has 0 saturated carbocycles. The summed E-state index contributed by atoms with van der Waals surface area (Å²) >= 11 is 17.9. The first-order chi connectivity index (χ1) is 17.5. The van der Waals surface area contributed by atoms with Gasteiger partial charge in [-0.2, -0.15) is 0 Å². The van der Waals surface area contributed by atoms with Crippen molar-refractivity contribution in [2.24, 2.45) is 0 Å². The predicted molar refractivity (Wildman–Crippen MR) is 138 cm³/mol.